The molecule has 0 radical (unpaired) electrons. The van der Waals surface area contributed by atoms with Crippen molar-refractivity contribution in [2.75, 3.05) is 19.6 Å². The number of rotatable bonds is 4. The Morgan fingerprint density at radius 3 is 2.65 bits per heavy atom. The highest BCUT2D eigenvalue weighted by molar-refractivity contribution is 6.45. The van der Waals surface area contributed by atoms with Crippen molar-refractivity contribution in [2.45, 2.75) is 13.0 Å². The largest absolute Gasteiger partial charge is 0.357 e. The molecule has 3 aromatic heterocycles. The second-order valence-corrected chi connectivity index (χ2v) is 8.02. The van der Waals surface area contributed by atoms with E-state index in [1.807, 2.05) is 13.0 Å². The van der Waals surface area contributed by atoms with Gasteiger partial charge in [0.05, 0.1) is 35.1 Å². The van der Waals surface area contributed by atoms with Gasteiger partial charge in [-0.2, -0.15) is 0 Å². The Bertz CT molecular complexity index is 1380. The van der Waals surface area contributed by atoms with Crippen molar-refractivity contribution >= 4 is 28.5 Å². The minimum atomic E-state index is -0.837. The number of hydrogen-bond donors (Lipinski definition) is 1. The van der Waals surface area contributed by atoms with Gasteiger partial charge in [-0.3, -0.25) is 14.4 Å². The van der Waals surface area contributed by atoms with E-state index in [9.17, 15) is 18.8 Å². The van der Waals surface area contributed by atoms with Crippen molar-refractivity contribution in [1.82, 2.24) is 34.8 Å². The molecule has 4 aromatic rings. The lowest BCUT2D eigenvalue weighted by Gasteiger charge is -2.39. The Balaban J connectivity index is 1.37. The van der Waals surface area contributed by atoms with Crippen LogP contribution in [0.15, 0.2) is 55.1 Å². The number of amides is 2. The Labute approximate surface area is 193 Å². The summed E-state index contributed by atoms with van der Waals surface area (Å²) >= 11 is 0. The standard InChI is InChI=1S/C23H20FN7O3/c1-14-13-29(9-10-30(14)22(33)15-5-3-2-4-6-15)23(34)20(32)16-11-25-19-18(16)17(24)12-26-21(19)31-8-7-27-28-31/h2-8,11-12,14,25H,9-10,13H2,1H3. The highest BCUT2D eigenvalue weighted by Gasteiger charge is 2.34. The fraction of sp³-hybridized carbons (Fsp3) is 0.217. The molecule has 2 amide bonds. The molecule has 1 unspecified atom stereocenters. The molecule has 0 spiro atoms. The summed E-state index contributed by atoms with van der Waals surface area (Å²) in [7, 11) is 0. The summed E-state index contributed by atoms with van der Waals surface area (Å²) in [6, 6.07) is 8.61. The van der Waals surface area contributed by atoms with Crippen LogP contribution in [0, 0.1) is 5.82 Å². The monoisotopic (exact) mass is 461 g/mol. The maximum Gasteiger partial charge on any atom is 0.295 e. The molecular formula is C23H20FN7O3. The van der Waals surface area contributed by atoms with Gasteiger partial charge in [0.15, 0.2) is 11.6 Å². The zero-order chi connectivity index (χ0) is 23.8. The van der Waals surface area contributed by atoms with E-state index in [1.165, 1.54) is 28.2 Å². The molecule has 0 bridgehead atoms. The lowest BCUT2D eigenvalue weighted by atomic mass is 10.1. The molecule has 1 saturated heterocycles. The number of Topliss-reactive ketones (excluding diaryl/α,β-unsaturated/α-hetero) is 1. The van der Waals surface area contributed by atoms with Crippen LogP contribution in [0.3, 0.4) is 0 Å². The molecule has 1 atom stereocenters. The highest BCUT2D eigenvalue weighted by Crippen LogP contribution is 2.26. The van der Waals surface area contributed by atoms with E-state index >= 15 is 0 Å². The van der Waals surface area contributed by atoms with Crippen molar-refractivity contribution < 1.29 is 18.8 Å². The number of nitrogens with zero attached hydrogens (tertiary/aromatic N) is 6. The number of piperazine rings is 1. The normalized spacial score (nSPS) is 16.1. The Kier molecular flexibility index (Phi) is 5.36. The molecule has 34 heavy (non-hydrogen) atoms. The van der Waals surface area contributed by atoms with E-state index in [0.29, 0.717) is 5.56 Å². The molecule has 5 rings (SSSR count). The molecule has 10 nitrogen and oxygen atoms in total. The summed E-state index contributed by atoms with van der Waals surface area (Å²) < 4.78 is 16.0. The topological polar surface area (TPSA) is 117 Å². The molecule has 1 aliphatic rings. The van der Waals surface area contributed by atoms with Crippen molar-refractivity contribution in [3.63, 3.8) is 0 Å². The lowest BCUT2D eigenvalue weighted by Crippen LogP contribution is -2.56. The van der Waals surface area contributed by atoms with E-state index in [-0.39, 0.29) is 53.9 Å². The van der Waals surface area contributed by atoms with Gasteiger partial charge in [0.1, 0.15) is 0 Å². The lowest BCUT2D eigenvalue weighted by molar-refractivity contribution is -0.128. The third-order valence-corrected chi connectivity index (χ3v) is 5.92. The van der Waals surface area contributed by atoms with E-state index in [4.69, 9.17) is 0 Å². The van der Waals surface area contributed by atoms with E-state index < -0.39 is 17.5 Å². The number of nitrogens with one attached hydrogen (secondary N) is 1. The molecule has 1 aliphatic heterocycles. The van der Waals surface area contributed by atoms with Crippen LogP contribution in [0.25, 0.3) is 16.7 Å². The van der Waals surface area contributed by atoms with Crippen LogP contribution < -0.4 is 0 Å². The van der Waals surface area contributed by atoms with Gasteiger partial charge in [0, 0.05) is 37.4 Å². The molecule has 4 heterocycles. The van der Waals surface area contributed by atoms with Crippen molar-refractivity contribution in [2.24, 2.45) is 0 Å². The number of fused-ring (bicyclic) bond motifs is 1. The summed E-state index contributed by atoms with van der Waals surface area (Å²) in [5.74, 6) is -2.20. The molecule has 1 aromatic carbocycles. The molecule has 1 N–H and O–H groups in total. The van der Waals surface area contributed by atoms with E-state index in [2.05, 4.69) is 20.3 Å². The number of hydrogen-bond acceptors (Lipinski definition) is 6. The summed E-state index contributed by atoms with van der Waals surface area (Å²) in [6.07, 6.45) is 5.25. The first-order chi connectivity index (χ1) is 16.5. The molecule has 11 heteroatoms. The molecule has 0 saturated carbocycles. The summed E-state index contributed by atoms with van der Waals surface area (Å²) in [5.41, 5.74) is 0.710. The van der Waals surface area contributed by atoms with E-state index in [1.54, 1.807) is 29.2 Å². The Morgan fingerprint density at radius 1 is 1.15 bits per heavy atom. The first kappa shape index (κ1) is 21.4. The van der Waals surface area contributed by atoms with Gasteiger partial charge in [-0.05, 0) is 19.1 Å². The zero-order valence-corrected chi connectivity index (χ0v) is 18.2. The Hall–Kier alpha value is -4.41. The van der Waals surface area contributed by atoms with Gasteiger partial charge in [-0.25, -0.2) is 14.1 Å². The molecular weight excluding hydrogens is 441 g/mol. The SMILES string of the molecule is CC1CN(C(=O)C(=O)c2c[nH]c3c(-n4ccnn4)ncc(F)c23)CCN1C(=O)c1ccccc1. The number of pyridine rings is 1. The minimum Gasteiger partial charge on any atom is -0.357 e. The first-order valence-corrected chi connectivity index (χ1v) is 10.7. The maximum absolute atomic E-state index is 14.7. The van der Waals surface area contributed by atoms with Crippen LogP contribution in [-0.4, -0.2) is 78.0 Å². The third-order valence-electron chi connectivity index (χ3n) is 5.92. The average Bonchev–Trinajstić information content (AvgIpc) is 3.55. The van der Waals surface area contributed by atoms with Crippen LogP contribution in [0.4, 0.5) is 4.39 Å². The number of aromatic amines is 1. The van der Waals surface area contributed by atoms with Crippen molar-refractivity contribution in [1.29, 1.82) is 0 Å². The fourth-order valence-corrected chi connectivity index (χ4v) is 4.22. The van der Waals surface area contributed by atoms with Gasteiger partial charge in [0.25, 0.3) is 17.6 Å². The van der Waals surface area contributed by atoms with Crippen LogP contribution >= 0.6 is 0 Å². The number of aromatic nitrogens is 5. The zero-order valence-electron chi connectivity index (χ0n) is 18.2. The summed E-state index contributed by atoms with van der Waals surface area (Å²) in [5, 5.41) is 7.53. The average molecular weight is 461 g/mol. The van der Waals surface area contributed by atoms with Gasteiger partial charge >= 0.3 is 0 Å². The Morgan fingerprint density at radius 2 is 1.94 bits per heavy atom. The van der Waals surface area contributed by atoms with Crippen molar-refractivity contribution in [3.05, 3.63) is 72.1 Å². The van der Waals surface area contributed by atoms with Gasteiger partial charge < -0.3 is 14.8 Å². The second-order valence-electron chi connectivity index (χ2n) is 8.02. The van der Waals surface area contributed by atoms with Gasteiger partial charge in [0.2, 0.25) is 0 Å². The minimum absolute atomic E-state index is 0.0372. The maximum atomic E-state index is 14.7. The number of carbonyl (C=O) groups is 3. The van der Waals surface area contributed by atoms with Crippen LogP contribution in [0.5, 0.6) is 0 Å². The number of carbonyl (C=O) groups excluding carboxylic acids is 3. The van der Waals surface area contributed by atoms with Crippen LogP contribution in [0.2, 0.25) is 0 Å². The van der Waals surface area contributed by atoms with Gasteiger partial charge in [-0.15, -0.1) is 5.10 Å². The van der Waals surface area contributed by atoms with Crippen molar-refractivity contribution in [3.8, 4) is 5.82 Å². The third kappa shape index (κ3) is 3.60. The number of H-pyrrole nitrogens is 1. The van der Waals surface area contributed by atoms with E-state index in [0.717, 1.165) is 6.20 Å². The first-order valence-electron chi connectivity index (χ1n) is 10.7. The molecule has 0 aliphatic carbocycles. The predicted octanol–water partition coefficient (Wildman–Crippen LogP) is 1.84. The number of halogens is 1. The second kappa shape index (κ2) is 8.50. The molecule has 172 valence electrons. The molecule has 1 fully saturated rings. The van der Waals surface area contributed by atoms with Gasteiger partial charge in [-0.1, -0.05) is 23.4 Å². The summed E-state index contributed by atoms with van der Waals surface area (Å²) in [6.45, 7) is 2.51. The smallest absolute Gasteiger partial charge is 0.295 e. The quantitative estimate of drug-likeness (QED) is 0.366. The van der Waals surface area contributed by atoms with Crippen LogP contribution in [0.1, 0.15) is 27.6 Å². The summed E-state index contributed by atoms with van der Waals surface area (Å²) in [4.78, 5) is 48.9. The highest BCUT2D eigenvalue weighted by atomic mass is 19.1. The fourth-order valence-electron chi connectivity index (χ4n) is 4.22. The number of ketones is 1. The van der Waals surface area contributed by atoms with Crippen LogP contribution in [-0.2, 0) is 4.79 Å². The predicted molar refractivity (Wildman–Crippen MR) is 119 cm³/mol. The number of benzene rings is 1.